The van der Waals surface area contributed by atoms with E-state index in [1.54, 1.807) is 0 Å². The van der Waals surface area contributed by atoms with Gasteiger partial charge in [0.15, 0.2) is 5.82 Å². The summed E-state index contributed by atoms with van der Waals surface area (Å²) >= 11 is 0. The third-order valence-electron chi connectivity index (χ3n) is 4.36. The molecule has 3 rings (SSSR count). The number of rotatable bonds is 2. The Hall–Kier alpha value is -1.56. The molecule has 0 radical (unpaired) electrons. The fourth-order valence-electron chi connectivity index (χ4n) is 3.35. The van der Waals surface area contributed by atoms with Gasteiger partial charge in [-0.3, -0.25) is 9.89 Å². The number of amides is 1. The topological polar surface area (TPSA) is 87.0 Å². The molecular weight excluding hydrogens is 242 g/mol. The van der Waals surface area contributed by atoms with Gasteiger partial charge in [-0.1, -0.05) is 0 Å². The highest BCUT2D eigenvalue weighted by molar-refractivity contribution is 5.99. The number of fused-ring (bicyclic) bond motifs is 1. The van der Waals surface area contributed by atoms with Crippen molar-refractivity contribution in [3.63, 3.8) is 0 Å². The Labute approximate surface area is 112 Å². The van der Waals surface area contributed by atoms with E-state index in [4.69, 9.17) is 5.73 Å². The minimum absolute atomic E-state index is 0.0970. The molecule has 1 aromatic rings. The predicted molar refractivity (Wildman–Crippen MR) is 72.8 cm³/mol. The van der Waals surface area contributed by atoms with E-state index in [1.807, 2.05) is 6.92 Å². The van der Waals surface area contributed by atoms with E-state index in [0.29, 0.717) is 11.6 Å². The molecule has 6 nitrogen and oxygen atoms in total. The Kier molecular flexibility index (Phi) is 3.18. The van der Waals surface area contributed by atoms with E-state index < -0.39 is 0 Å². The first kappa shape index (κ1) is 12.5. The first-order valence-corrected chi connectivity index (χ1v) is 7.00. The molecule has 0 aromatic carbocycles. The van der Waals surface area contributed by atoms with Gasteiger partial charge < -0.3 is 16.0 Å². The number of carbonyl (C=O) groups is 1. The quantitative estimate of drug-likeness (QED) is 0.731. The summed E-state index contributed by atoms with van der Waals surface area (Å²) in [6.07, 6.45) is 4.64. The lowest BCUT2D eigenvalue weighted by atomic mass is 9.97. The molecule has 0 aliphatic carbocycles. The third kappa shape index (κ3) is 2.32. The number of nitrogens with zero attached hydrogens (tertiary/aromatic N) is 2. The minimum Gasteiger partial charge on any atom is -0.382 e. The second-order valence-electron chi connectivity index (χ2n) is 5.64. The zero-order valence-corrected chi connectivity index (χ0v) is 11.3. The van der Waals surface area contributed by atoms with Crippen LogP contribution in [0.15, 0.2) is 0 Å². The number of nitrogen functional groups attached to an aromatic ring is 1. The summed E-state index contributed by atoms with van der Waals surface area (Å²) < 4.78 is 0. The summed E-state index contributed by atoms with van der Waals surface area (Å²) in [7, 11) is 0. The van der Waals surface area contributed by atoms with Crippen LogP contribution in [0.4, 0.5) is 5.82 Å². The van der Waals surface area contributed by atoms with E-state index in [-0.39, 0.29) is 17.8 Å². The number of anilines is 1. The van der Waals surface area contributed by atoms with E-state index in [1.165, 1.54) is 19.4 Å². The molecule has 6 heteroatoms. The molecule has 0 spiro atoms. The summed E-state index contributed by atoms with van der Waals surface area (Å²) in [6.45, 7) is 4.13. The molecule has 4 N–H and O–H groups in total. The van der Waals surface area contributed by atoms with Gasteiger partial charge in [0.1, 0.15) is 5.56 Å². The number of aromatic amines is 1. The molecule has 2 aliphatic heterocycles. The number of hydrogen-bond donors (Lipinski definition) is 3. The fraction of sp³-hybridized carbons (Fsp3) is 0.692. The number of nitrogens with two attached hydrogens (primary N) is 1. The monoisotopic (exact) mass is 263 g/mol. The number of nitrogens with one attached hydrogen (secondary N) is 2. The van der Waals surface area contributed by atoms with Crippen LogP contribution in [0.2, 0.25) is 0 Å². The number of H-pyrrole nitrogens is 1. The first-order valence-electron chi connectivity index (χ1n) is 7.00. The number of piperidine rings is 1. The van der Waals surface area contributed by atoms with Crippen molar-refractivity contribution in [1.29, 1.82) is 0 Å². The Bertz CT molecular complexity index is 464. The lowest BCUT2D eigenvalue weighted by molar-refractivity contribution is 0.0896. The van der Waals surface area contributed by atoms with Crippen LogP contribution in [-0.4, -0.2) is 46.2 Å². The van der Waals surface area contributed by atoms with Crippen molar-refractivity contribution < 1.29 is 4.79 Å². The molecule has 0 saturated carbocycles. The predicted octanol–water partition coefficient (Wildman–Crippen LogP) is 0.657. The van der Waals surface area contributed by atoms with Crippen LogP contribution in [0.3, 0.4) is 0 Å². The Morgan fingerprint density at radius 2 is 2.32 bits per heavy atom. The molecule has 2 aliphatic rings. The van der Waals surface area contributed by atoms with Gasteiger partial charge in [0.05, 0.1) is 0 Å². The zero-order valence-electron chi connectivity index (χ0n) is 11.3. The number of carbonyl (C=O) groups excluding carboxylic acids is 1. The molecule has 0 bridgehead atoms. The minimum atomic E-state index is -0.0970. The summed E-state index contributed by atoms with van der Waals surface area (Å²) in [5.41, 5.74) is 6.95. The van der Waals surface area contributed by atoms with Crippen molar-refractivity contribution in [3.8, 4) is 0 Å². The number of hydrogen-bond acceptors (Lipinski definition) is 4. The molecule has 1 aromatic heterocycles. The Balaban J connectivity index is 1.64. The maximum absolute atomic E-state index is 12.2. The normalized spacial score (nSPS) is 27.2. The number of aryl methyl sites for hydroxylation is 1. The molecule has 1 amide bonds. The van der Waals surface area contributed by atoms with Gasteiger partial charge in [-0.25, -0.2) is 0 Å². The van der Waals surface area contributed by atoms with Gasteiger partial charge in [0.25, 0.3) is 5.91 Å². The van der Waals surface area contributed by atoms with Gasteiger partial charge in [-0.05, 0) is 39.2 Å². The van der Waals surface area contributed by atoms with E-state index in [0.717, 1.165) is 25.1 Å². The highest BCUT2D eigenvalue weighted by Gasteiger charge is 2.32. The zero-order chi connectivity index (χ0) is 13.4. The van der Waals surface area contributed by atoms with Gasteiger partial charge in [-0.15, -0.1) is 0 Å². The van der Waals surface area contributed by atoms with Crippen LogP contribution in [0.25, 0.3) is 0 Å². The lowest BCUT2D eigenvalue weighted by Gasteiger charge is -2.35. The van der Waals surface area contributed by atoms with Gasteiger partial charge in [0.2, 0.25) is 0 Å². The van der Waals surface area contributed by atoms with Crippen LogP contribution >= 0.6 is 0 Å². The lowest BCUT2D eigenvalue weighted by Crippen LogP contribution is -2.47. The first-order chi connectivity index (χ1) is 9.15. The highest BCUT2D eigenvalue weighted by atomic mass is 16.1. The van der Waals surface area contributed by atoms with Crippen molar-refractivity contribution in [3.05, 3.63) is 11.3 Å². The van der Waals surface area contributed by atoms with Crippen LogP contribution in [-0.2, 0) is 0 Å². The van der Waals surface area contributed by atoms with Crippen LogP contribution < -0.4 is 11.1 Å². The molecule has 104 valence electrons. The maximum atomic E-state index is 12.2. The highest BCUT2D eigenvalue weighted by Crippen LogP contribution is 2.27. The average Bonchev–Trinajstić information content (AvgIpc) is 2.95. The third-order valence-corrected chi connectivity index (χ3v) is 4.36. The summed E-state index contributed by atoms with van der Waals surface area (Å²) in [6, 6.07) is 0.919. The molecular formula is C13H21N5O. The maximum Gasteiger partial charge on any atom is 0.257 e. The van der Waals surface area contributed by atoms with E-state index in [9.17, 15) is 4.79 Å². The van der Waals surface area contributed by atoms with Gasteiger partial charge in [0, 0.05) is 24.3 Å². The van der Waals surface area contributed by atoms with E-state index >= 15 is 0 Å². The molecule has 2 fully saturated rings. The van der Waals surface area contributed by atoms with Gasteiger partial charge in [-0.2, -0.15) is 5.10 Å². The SMILES string of the molecule is Cc1[nH]nc(N)c1C(=O)NC1CCN2CCCC2C1. The smallest absolute Gasteiger partial charge is 0.257 e. The second-order valence-corrected chi connectivity index (χ2v) is 5.64. The second kappa shape index (κ2) is 4.85. The van der Waals surface area contributed by atoms with E-state index in [2.05, 4.69) is 20.4 Å². The molecule has 2 unspecified atom stereocenters. The summed E-state index contributed by atoms with van der Waals surface area (Å²) in [4.78, 5) is 14.8. The standard InChI is InChI=1S/C13H21N5O/c1-8-11(12(14)17-16-8)13(19)15-9-4-6-18-5-2-3-10(18)7-9/h9-10H,2-7H2,1H3,(H,15,19)(H3,14,16,17). The van der Waals surface area contributed by atoms with Crippen LogP contribution in [0.5, 0.6) is 0 Å². The molecule has 19 heavy (non-hydrogen) atoms. The Morgan fingerprint density at radius 3 is 3.05 bits per heavy atom. The number of aromatic nitrogens is 2. The summed E-state index contributed by atoms with van der Waals surface area (Å²) in [5.74, 6) is 0.188. The van der Waals surface area contributed by atoms with Crippen molar-refractivity contribution in [2.45, 2.75) is 44.7 Å². The average molecular weight is 263 g/mol. The van der Waals surface area contributed by atoms with Crippen LogP contribution in [0.1, 0.15) is 41.7 Å². The van der Waals surface area contributed by atoms with Gasteiger partial charge >= 0.3 is 0 Å². The fourth-order valence-corrected chi connectivity index (χ4v) is 3.35. The molecule has 2 saturated heterocycles. The van der Waals surface area contributed by atoms with Crippen molar-refractivity contribution in [2.24, 2.45) is 0 Å². The largest absolute Gasteiger partial charge is 0.382 e. The Morgan fingerprint density at radius 1 is 1.47 bits per heavy atom. The van der Waals surface area contributed by atoms with Crippen molar-refractivity contribution in [1.82, 2.24) is 20.4 Å². The van der Waals surface area contributed by atoms with Crippen molar-refractivity contribution in [2.75, 3.05) is 18.8 Å². The summed E-state index contributed by atoms with van der Waals surface area (Å²) in [5, 5.41) is 9.73. The van der Waals surface area contributed by atoms with Crippen LogP contribution in [0, 0.1) is 6.92 Å². The van der Waals surface area contributed by atoms with Crippen molar-refractivity contribution >= 4 is 11.7 Å². The molecule has 2 atom stereocenters. The molecule has 3 heterocycles.